The molecule has 0 bridgehead atoms. The lowest BCUT2D eigenvalue weighted by Gasteiger charge is -2.14. The Labute approximate surface area is 129 Å². The van der Waals surface area contributed by atoms with Gasteiger partial charge in [0.25, 0.3) is 0 Å². The Morgan fingerprint density at radius 1 is 1.24 bits per heavy atom. The first-order valence-corrected chi connectivity index (χ1v) is 7.55. The van der Waals surface area contributed by atoms with E-state index in [2.05, 4.69) is 26.6 Å². The van der Waals surface area contributed by atoms with Crippen molar-refractivity contribution in [3.8, 4) is 0 Å². The second-order valence-corrected chi connectivity index (χ2v) is 6.04. The Bertz CT molecular complexity index is 513. The lowest BCUT2D eigenvalue weighted by molar-refractivity contribution is -0.137. The predicted octanol–water partition coefficient (Wildman–Crippen LogP) is 3.94. The maximum atomic E-state index is 12.7. The number of alkyl halides is 3. The second kappa shape index (κ2) is 6.68. The molecule has 1 aliphatic carbocycles. The maximum Gasteiger partial charge on any atom is 0.416 e. The van der Waals surface area contributed by atoms with Gasteiger partial charge in [0.1, 0.15) is 0 Å². The van der Waals surface area contributed by atoms with Crippen molar-refractivity contribution in [1.82, 2.24) is 5.32 Å². The summed E-state index contributed by atoms with van der Waals surface area (Å²) in [6, 6.07) is 3.71. The van der Waals surface area contributed by atoms with Crippen molar-refractivity contribution in [2.24, 2.45) is 0 Å². The molecule has 1 aromatic rings. The first kappa shape index (κ1) is 16.1. The van der Waals surface area contributed by atoms with Gasteiger partial charge in [0.15, 0.2) is 0 Å². The highest BCUT2D eigenvalue weighted by atomic mass is 79.9. The molecule has 1 amide bonds. The van der Waals surface area contributed by atoms with Crippen molar-refractivity contribution < 1.29 is 18.0 Å². The molecule has 0 atom stereocenters. The van der Waals surface area contributed by atoms with Crippen molar-refractivity contribution >= 4 is 27.5 Å². The van der Waals surface area contributed by atoms with Crippen LogP contribution in [0, 0.1) is 0 Å². The van der Waals surface area contributed by atoms with Crippen molar-refractivity contribution in [3.05, 3.63) is 28.2 Å². The number of nitrogens with one attached hydrogen (secondary N) is 2. The maximum absolute atomic E-state index is 12.7. The molecule has 1 aliphatic rings. The van der Waals surface area contributed by atoms with Crippen LogP contribution in [-0.2, 0) is 11.0 Å². The van der Waals surface area contributed by atoms with Gasteiger partial charge in [-0.25, -0.2) is 0 Å². The normalized spacial score (nSPS) is 16.0. The lowest BCUT2D eigenvalue weighted by atomic mass is 10.2. The number of carbonyl (C=O) groups excluding carboxylic acids is 1. The van der Waals surface area contributed by atoms with E-state index in [0.29, 0.717) is 4.47 Å². The Kier molecular flexibility index (Phi) is 5.13. The molecule has 0 aromatic heterocycles. The van der Waals surface area contributed by atoms with Gasteiger partial charge in [-0.1, -0.05) is 28.8 Å². The quantitative estimate of drug-likeness (QED) is 0.849. The third-order valence-corrected chi connectivity index (χ3v) is 3.86. The standard InChI is InChI=1S/C14H16BrF3N2O/c15-10-5-9(14(16,17)18)6-12(7-10)19-8-13(21)20-11-3-1-2-4-11/h5-7,11,19H,1-4,8H2,(H,20,21). The Morgan fingerprint density at radius 2 is 1.90 bits per heavy atom. The zero-order valence-electron chi connectivity index (χ0n) is 11.3. The minimum absolute atomic E-state index is 0.0374. The number of benzene rings is 1. The molecular formula is C14H16BrF3N2O. The molecule has 1 fully saturated rings. The minimum Gasteiger partial charge on any atom is -0.376 e. The number of hydrogen-bond acceptors (Lipinski definition) is 2. The topological polar surface area (TPSA) is 41.1 Å². The molecule has 0 unspecified atom stereocenters. The van der Waals surface area contributed by atoms with E-state index in [1.54, 1.807) is 0 Å². The van der Waals surface area contributed by atoms with Gasteiger partial charge in [-0.2, -0.15) is 13.2 Å². The van der Waals surface area contributed by atoms with Crippen molar-refractivity contribution in [1.29, 1.82) is 0 Å². The molecule has 7 heteroatoms. The highest BCUT2D eigenvalue weighted by molar-refractivity contribution is 9.10. The van der Waals surface area contributed by atoms with E-state index in [0.717, 1.165) is 37.8 Å². The highest BCUT2D eigenvalue weighted by Crippen LogP contribution is 2.33. The van der Waals surface area contributed by atoms with Crippen LogP contribution in [0.25, 0.3) is 0 Å². The van der Waals surface area contributed by atoms with Gasteiger partial charge in [0, 0.05) is 16.2 Å². The van der Waals surface area contributed by atoms with Crippen molar-refractivity contribution in [2.45, 2.75) is 37.9 Å². The molecule has 2 rings (SSSR count). The van der Waals surface area contributed by atoms with Crippen LogP contribution in [0.2, 0.25) is 0 Å². The van der Waals surface area contributed by atoms with Crippen LogP contribution >= 0.6 is 15.9 Å². The summed E-state index contributed by atoms with van der Waals surface area (Å²) in [6.07, 6.45) is -0.244. The monoisotopic (exact) mass is 364 g/mol. The largest absolute Gasteiger partial charge is 0.416 e. The fourth-order valence-electron chi connectivity index (χ4n) is 2.39. The zero-order valence-corrected chi connectivity index (χ0v) is 12.9. The third-order valence-electron chi connectivity index (χ3n) is 3.40. The third kappa shape index (κ3) is 4.91. The summed E-state index contributed by atoms with van der Waals surface area (Å²) in [4.78, 5) is 11.7. The first-order chi connectivity index (χ1) is 9.84. The SMILES string of the molecule is O=C(CNc1cc(Br)cc(C(F)(F)F)c1)NC1CCCC1. The molecule has 3 nitrogen and oxygen atoms in total. The average Bonchev–Trinajstić information content (AvgIpc) is 2.87. The van der Waals surface area contributed by atoms with Crippen LogP contribution in [0.5, 0.6) is 0 Å². The lowest BCUT2D eigenvalue weighted by Crippen LogP contribution is -2.36. The number of rotatable bonds is 4. The van der Waals surface area contributed by atoms with Crippen LogP contribution in [-0.4, -0.2) is 18.5 Å². The van der Waals surface area contributed by atoms with E-state index in [1.807, 2.05) is 0 Å². The molecule has 116 valence electrons. The van der Waals surface area contributed by atoms with Crippen molar-refractivity contribution in [2.75, 3.05) is 11.9 Å². The molecule has 1 saturated carbocycles. The molecule has 0 spiro atoms. The minimum atomic E-state index is -4.41. The summed E-state index contributed by atoms with van der Waals surface area (Å²) >= 11 is 3.04. The molecule has 21 heavy (non-hydrogen) atoms. The fourth-order valence-corrected chi connectivity index (χ4v) is 2.88. The van der Waals surface area contributed by atoms with E-state index in [-0.39, 0.29) is 24.2 Å². The Hall–Kier alpha value is -1.24. The number of anilines is 1. The Morgan fingerprint density at radius 3 is 2.52 bits per heavy atom. The van der Waals surface area contributed by atoms with Gasteiger partial charge in [-0.15, -0.1) is 0 Å². The first-order valence-electron chi connectivity index (χ1n) is 6.75. The number of amides is 1. The van der Waals surface area contributed by atoms with E-state index in [9.17, 15) is 18.0 Å². The Balaban J connectivity index is 1.93. The molecule has 1 aromatic carbocycles. The van der Waals surface area contributed by atoms with Crippen molar-refractivity contribution in [3.63, 3.8) is 0 Å². The molecule has 0 radical (unpaired) electrons. The number of carbonyl (C=O) groups is 1. The van der Waals surface area contributed by atoms with E-state index < -0.39 is 11.7 Å². The summed E-state index contributed by atoms with van der Waals surface area (Å²) in [5, 5.41) is 5.60. The van der Waals surface area contributed by atoms with Crippen LogP contribution in [0.4, 0.5) is 18.9 Å². The summed E-state index contributed by atoms with van der Waals surface area (Å²) in [7, 11) is 0. The zero-order chi connectivity index (χ0) is 15.5. The van der Waals surface area contributed by atoms with Gasteiger partial charge >= 0.3 is 6.18 Å². The van der Waals surface area contributed by atoms with Crippen LogP contribution in [0.3, 0.4) is 0 Å². The van der Waals surface area contributed by atoms with Gasteiger partial charge < -0.3 is 10.6 Å². The smallest absolute Gasteiger partial charge is 0.376 e. The summed E-state index contributed by atoms with van der Waals surface area (Å²) in [5.41, 5.74) is -0.492. The van der Waals surface area contributed by atoms with Gasteiger partial charge in [0.2, 0.25) is 5.91 Å². The molecular weight excluding hydrogens is 349 g/mol. The van der Waals surface area contributed by atoms with Crippen LogP contribution in [0.1, 0.15) is 31.2 Å². The van der Waals surface area contributed by atoms with E-state index in [4.69, 9.17) is 0 Å². The number of halogens is 4. The second-order valence-electron chi connectivity index (χ2n) is 5.13. The van der Waals surface area contributed by atoms with E-state index in [1.165, 1.54) is 6.07 Å². The number of hydrogen-bond donors (Lipinski definition) is 2. The highest BCUT2D eigenvalue weighted by Gasteiger charge is 2.31. The molecule has 2 N–H and O–H groups in total. The van der Waals surface area contributed by atoms with E-state index >= 15 is 0 Å². The average molecular weight is 365 g/mol. The summed E-state index contributed by atoms with van der Waals surface area (Å²) in [5.74, 6) is -0.199. The molecule has 0 heterocycles. The van der Waals surface area contributed by atoms with Gasteiger partial charge in [0.05, 0.1) is 12.1 Å². The van der Waals surface area contributed by atoms with Crippen LogP contribution < -0.4 is 10.6 Å². The summed E-state index contributed by atoms with van der Waals surface area (Å²) < 4.78 is 38.4. The fraction of sp³-hybridized carbons (Fsp3) is 0.500. The van der Waals surface area contributed by atoms with Crippen LogP contribution in [0.15, 0.2) is 22.7 Å². The molecule has 0 saturated heterocycles. The summed E-state index contributed by atoms with van der Waals surface area (Å²) in [6.45, 7) is -0.0374. The van der Waals surface area contributed by atoms with Gasteiger partial charge in [-0.3, -0.25) is 4.79 Å². The van der Waals surface area contributed by atoms with Gasteiger partial charge in [-0.05, 0) is 31.0 Å². The predicted molar refractivity (Wildman–Crippen MR) is 78.0 cm³/mol. The molecule has 0 aliphatic heterocycles.